The quantitative estimate of drug-likeness (QED) is 0.194. The fourth-order valence-corrected chi connectivity index (χ4v) is 6.45. The summed E-state index contributed by atoms with van der Waals surface area (Å²) >= 11 is 3.17. The fourth-order valence-electron chi connectivity index (χ4n) is 6.07. The number of carbonyl (C=O) groups excluding carboxylic acids is 1. The molecule has 0 bridgehead atoms. The summed E-state index contributed by atoms with van der Waals surface area (Å²) in [5.74, 6) is 1.61. The molecule has 0 saturated carbocycles. The van der Waals surface area contributed by atoms with Gasteiger partial charge in [0, 0.05) is 74.5 Å². The van der Waals surface area contributed by atoms with Crippen LogP contribution in [0, 0.1) is 5.82 Å². The van der Waals surface area contributed by atoms with Crippen molar-refractivity contribution in [3.63, 3.8) is 0 Å². The number of morpholine rings is 1. The molecule has 2 fully saturated rings. The number of halogens is 2. The number of fused-ring (bicyclic) bond motifs is 1. The van der Waals surface area contributed by atoms with Gasteiger partial charge >= 0.3 is 0 Å². The van der Waals surface area contributed by atoms with Crippen LogP contribution in [0.15, 0.2) is 59.3 Å². The van der Waals surface area contributed by atoms with E-state index in [0.717, 1.165) is 73.5 Å². The smallest absolute Gasteiger partial charge is 0.238 e. The summed E-state index contributed by atoms with van der Waals surface area (Å²) in [5, 5.41) is 14.2. The summed E-state index contributed by atoms with van der Waals surface area (Å²) in [5.41, 5.74) is 2.48. The van der Waals surface area contributed by atoms with Crippen LogP contribution in [0.25, 0.3) is 10.8 Å². The molecule has 2 aromatic carbocycles. The highest BCUT2D eigenvalue weighted by molar-refractivity contribution is 9.10. The van der Waals surface area contributed by atoms with Gasteiger partial charge in [-0.3, -0.25) is 19.6 Å². The van der Waals surface area contributed by atoms with E-state index >= 15 is 0 Å². The molecule has 4 aromatic rings. The summed E-state index contributed by atoms with van der Waals surface area (Å²) in [6.45, 7) is 8.13. The molecule has 6 rings (SSSR count). The highest BCUT2D eigenvalue weighted by Crippen LogP contribution is 2.38. The van der Waals surface area contributed by atoms with Crippen LogP contribution >= 0.6 is 15.9 Å². The monoisotopic (exact) mass is 721 g/mol. The van der Waals surface area contributed by atoms with Crippen LogP contribution in [0.1, 0.15) is 24.1 Å². The normalized spacial score (nSPS) is 15.9. The second kappa shape index (κ2) is 16.5. The van der Waals surface area contributed by atoms with Gasteiger partial charge in [0.15, 0.2) is 17.3 Å². The van der Waals surface area contributed by atoms with E-state index in [1.165, 1.54) is 6.07 Å². The SMILES string of the molecule is COc1cc2c(Cc3ccncc3)nnc(N3CCN(CC(=O)Nc4ccc(F)c(Br)c4)CC3)c2cc1OCCCCN1CCOCC1. The molecular formula is C35H41BrFN7O4. The number of aromatic nitrogens is 3. The molecule has 2 aliphatic heterocycles. The van der Waals surface area contributed by atoms with E-state index in [0.29, 0.717) is 60.9 Å². The van der Waals surface area contributed by atoms with Crippen LogP contribution in [-0.2, 0) is 16.0 Å². The summed E-state index contributed by atoms with van der Waals surface area (Å²) in [4.78, 5) is 23.7. The first kappa shape index (κ1) is 34.0. The number of amides is 1. The first-order valence-corrected chi connectivity index (χ1v) is 17.2. The van der Waals surface area contributed by atoms with Crippen molar-refractivity contribution in [2.45, 2.75) is 19.3 Å². The van der Waals surface area contributed by atoms with Crippen LogP contribution in [0.5, 0.6) is 11.5 Å². The molecule has 1 amide bonds. The molecule has 2 saturated heterocycles. The van der Waals surface area contributed by atoms with E-state index in [4.69, 9.17) is 24.4 Å². The predicted molar refractivity (Wildman–Crippen MR) is 187 cm³/mol. The number of hydrogen-bond acceptors (Lipinski definition) is 10. The van der Waals surface area contributed by atoms with Crippen LogP contribution < -0.4 is 19.7 Å². The molecule has 0 atom stereocenters. The summed E-state index contributed by atoms with van der Waals surface area (Å²) < 4.78 is 31.5. The summed E-state index contributed by atoms with van der Waals surface area (Å²) in [6.07, 6.45) is 6.14. The Morgan fingerprint density at radius 2 is 1.71 bits per heavy atom. The molecular weight excluding hydrogens is 681 g/mol. The van der Waals surface area contributed by atoms with E-state index in [1.807, 2.05) is 24.3 Å². The maximum absolute atomic E-state index is 13.6. The Morgan fingerprint density at radius 1 is 0.938 bits per heavy atom. The molecule has 2 aromatic heterocycles. The third kappa shape index (κ3) is 8.76. The Hall–Kier alpha value is -3.91. The molecule has 11 nitrogen and oxygen atoms in total. The number of rotatable bonds is 13. The molecule has 0 aliphatic carbocycles. The molecule has 0 unspecified atom stereocenters. The van der Waals surface area contributed by atoms with E-state index in [-0.39, 0.29) is 18.3 Å². The zero-order valence-corrected chi connectivity index (χ0v) is 28.8. The molecule has 48 heavy (non-hydrogen) atoms. The van der Waals surface area contributed by atoms with Crippen molar-refractivity contribution in [1.29, 1.82) is 0 Å². The number of methoxy groups -OCH3 is 1. The molecule has 254 valence electrons. The molecule has 0 radical (unpaired) electrons. The predicted octanol–water partition coefficient (Wildman–Crippen LogP) is 4.78. The van der Waals surface area contributed by atoms with E-state index in [1.54, 1.807) is 31.6 Å². The van der Waals surface area contributed by atoms with Gasteiger partial charge in [-0.1, -0.05) is 0 Å². The van der Waals surface area contributed by atoms with Gasteiger partial charge in [-0.15, -0.1) is 5.10 Å². The standard InChI is InChI=1S/C35H41BrFN7O4/c1-46-32-22-27-28(23-33(32)48-17-3-2-10-42-15-18-47-19-16-42)35(41-40-31(27)20-25-6-8-38-9-7-25)44-13-11-43(12-14-44)24-34(45)39-26-4-5-30(37)29(36)21-26/h4-9,21-23H,2-3,10-20,24H2,1H3,(H,39,45). The fraction of sp³-hybridized carbons (Fsp3) is 0.429. The summed E-state index contributed by atoms with van der Waals surface area (Å²) in [6, 6.07) is 12.5. The number of nitrogens with zero attached hydrogens (tertiary/aromatic N) is 6. The third-order valence-electron chi connectivity index (χ3n) is 8.71. The topological polar surface area (TPSA) is 105 Å². The van der Waals surface area contributed by atoms with Gasteiger partial charge in [0.05, 0.1) is 43.6 Å². The highest BCUT2D eigenvalue weighted by Gasteiger charge is 2.24. The van der Waals surface area contributed by atoms with Gasteiger partial charge in [-0.25, -0.2) is 4.39 Å². The first-order chi connectivity index (χ1) is 23.5. The lowest BCUT2D eigenvalue weighted by Crippen LogP contribution is -2.49. The number of carbonyl (C=O) groups is 1. The van der Waals surface area contributed by atoms with Crippen LogP contribution in [0.2, 0.25) is 0 Å². The maximum Gasteiger partial charge on any atom is 0.238 e. The number of piperazine rings is 1. The Labute approximate surface area is 288 Å². The third-order valence-corrected chi connectivity index (χ3v) is 9.32. The maximum atomic E-state index is 13.6. The number of hydrogen-bond donors (Lipinski definition) is 1. The lowest BCUT2D eigenvalue weighted by Gasteiger charge is -2.35. The van der Waals surface area contributed by atoms with Crippen molar-refractivity contribution >= 4 is 44.1 Å². The number of pyridine rings is 1. The minimum Gasteiger partial charge on any atom is -0.493 e. The highest BCUT2D eigenvalue weighted by atomic mass is 79.9. The second-order valence-corrected chi connectivity index (χ2v) is 12.9. The number of nitrogens with one attached hydrogen (secondary N) is 1. The lowest BCUT2D eigenvalue weighted by molar-refractivity contribution is -0.117. The Bertz CT molecular complexity index is 1690. The van der Waals surface area contributed by atoms with Crippen molar-refractivity contribution in [1.82, 2.24) is 25.0 Å². The number of unbranched alkanes of at least 4 members (excludes halogenated alkanes) is 1. The molecule has 13 heteroatoms. The number of benzene rings is 2. The van der Waals surface area contributed by atoms with E-state index in [9.17, 15) is 9.18 Å². The van der Waals surface area contributed by atoms with Gasteiger partial charge in [-0.2, -0.15) is 5.10 Å². The molecule has 1 N–H and O–H groups in total. The minimum atomic E-state index is -0.373. The molecule has 2 aliphatic rings. The van der Waals surface area contributed by atoms with Crippen molar-refractivity contribution < 1.29 is 23.4 Å². The van der Waals surface area contributed by atoms with E-state index in [2.05, 4.69) is 40.9 Å². The van der Waals surface area contributed by atoms with Crippen molar-refractivity contribution in [3.8, 4) is 11.5 Å². The molecule has 4 heterocycles. The zero-order valence-electron chi connectivity index (χ0n) is 27.2. The molecule has 0 spiro atoms. The van der Waals surface area contributed by atoms with Crippen LogP contribution in [0.3, 0.4) is 0 Å². The number of anilines is 2. The van der Waals surface area contributed by atoms with Crippen LogP contribution in [0.4, 0.5) is 15.9 Å². The number of ether oxygens (including phenoxy) is 3. The van der Waals surface area contributed by atoms with Gasteiger partial charge in [0.1, 0.15) is 5.82 Å². The van der Waals surface area contributed by atoms with Crippen LogP contribution in [-0.4, -0.2) is 110 Å². The average Bonchev–Trinajstić information content (AvgIpc) is 3.11. The lowest BCUT2D eigenvalue weighted by atomic mass is 10.0. The van der Waals surface area contributed by atoms with Gasteiger partial charge in [0.25, 0.3) is 0 Å². The second-order valence-electron chi connectivity index (χ2n) is 12.0. The Kier molecular flexibility index (Phi) is 11.7. The van der Waals surface area contributed by atoms with Gasteiger partial charge in [0.2, 0.25) is 5.91 Å². The Balaban J connectivity index is 1.16. The van der Waals surface area contributed by atoms with Crippen molar-refractivity contribution in [2.24, 2.45) is 0 Å². The van der Waals surface area contributed by atoms with Crippen molar-refractivity contribution in [2.75, 3.05) is 89.5 Å². The van der Waals surface area contributed by atoms with Gasteiger partial charge in [-0.05, 0) is 83.3 Å². The first-order valence-electron chi connectivity index (χ1n) is 16.4. The zero-order chi connectivity index (χ0) is 33.3. The largest absolute Gasteiger partial charge is 0.493 e. The van der Waals surface area contributed by atoms with Gasteiger partial charge < -0.3 is 24.4 Å². The Morgan fingerprint density at radius 3 is 2.46 bits per heavy atom. The average molecular weight is 723 g/mol. The van der Waals surface area contributed by atoms with Crippen molar-refractivity contribution in [3.05, 3.63) is 76.4 Å². The summed E-state index contributed by atoms with van der Waals surface area (Å²) in [7, 11) is 1.66. The minimum absolute atomic E-state index is 0.147. The van der Waals surface area contributed by atoms with E-state index < -0.39 is 0 Å².